The maximum atomic E-state index is 4.60. The van der Waals surface area contributed by atoms with E-state index in [1.807, 2.05) is 6.20 Å². The van der Waals surface area contributed by atoms with Gasteiger partial charge in [-0.3, -0.25) is 4.90 Å². The lowest BCUT2D eigenvalue weighted by molar-refractivity contribution is 0.112. The minimum atomic E-state index is 0.472. The highest BCUT2D eigenvalue weighted by Crippen LogP contribution is 2.35. The van der Waals surface area contributed by atoms with Crippen molar-refractivity contribution in [2.45, 2.75) is 71.5 Å². The van der Waals surface area contributed by atoms with E-state index in [0.29, 0.717) is 18.1 Å². The largest absolute Gasteiger partial charge is 0.367 e. The second kappa shape index (κ2) is 7.07. The molecule has 0 amide bonds. The van der Waals surface area contributed by atoms with E-state index < -0.39 is 0 Å². The molecule has 2 rings (SSSR count). The summed E-state index contributed by atoms with van der Waals surface area (Å²) in [5.74, 6) is 1.08. The molecule has 112 valence electrons. The molecule has 1 aromatic heterocycles. The standard InChI is InChI=1S/C17H29N3/c1-5-14(4)19-17-15(9-8-11-18-17)16-10-6-7-12-20(16)13(2)3/h8-9,11,13-14,16H,5-7,10,12H2,1-4H3,(H,18,19)/t14-,16-/m0/s1. The van der Waals surface area contributed by atoms with Crippen LogP contribution in [0.4, 0.5) is 5.82 Å². The van der Waals surface area contributed by atoms with Crippen LogP contribution in [0.3, 0.4) is 0 Å². The van der Waals surface area contributed by atoms with Crippen LogP contribution in [0.5, 0.6) is 0 Å². The van der Waals surface area contributed by atoms with E-state index in [1.165, 1.54) is 31.4 Å². The SMILES string of the molecule is CC[C@H](C)Nc1ncccc1[C@@H]1CCCCN1C(C)C. The Balaban J connectivity index is 2.25. The van der Waals surface area contributed by atoms with Gasteiger partial charge in [-0.2, -0.15) is 0 Å². The summed E-state index contributed by atoms with van der Waals surface area (Å²) < 4.78 is 0. The number of nitrogens with zero attached hydrogens (tertiary/aromatic N) is 2. The first-order valence-electron chi connectivity index (χ1n) is 8.10. The summed E-state index contributed by atoms with van der Waals surface area (Å²) >= 11 is 0. The summed E-state index contributed by atoms with van der Waals surface area (Å²) in [6, 6.07) is 5.91. The topological polar surface area (TPSA) is 28.2 Å². The molecule has 20 heavy (non-hydrogen) atoms. The average Bonchev–Trinajstić information content (AvgIpc) is 2.47. The van der Waals surface area contributed by atoms with Crippen LogP contribution in [-0.4, -0.2) is 28.5 Å². The molecule has 0 aliphatic carbocycles. The van der Waals surface area contributed by atoms with Gasteiger partial charge in [-0.05, 0) is 52.6 Å². The van der Waals surface area contributed by atoms with E-state index >= 15 is 0 Å². The number of aromatic nitrogens is 1. The number of rotatable bonds is 5. The molecule has 2 atom stereocenters. The summed E-state index contributed by atoms with van der Waals surface area (Å²) in [5, 5.41) is 3.58. The van der Waals surface area contributed by atoms with Gasteiger partial charge in [-0.15, -0.1) is 0 Å². The highest BCUT2D eigenvalue weighted by molar-refractivity contribution is 5.46. The molecule has 1 saturated heterocycles. The van der Waals surface area contributed by atoms with Crippen molar-refractivity contribution in [1.29, 1.82) is 0 Å². The molecule has 1 aromatic rings. The van der Waals surface area contributed by atoms with Crippen molar-refractivity contribution in [3.8, 4) is 0 Å². The molecular weight excluding hydrogens is 246 g/mol. The number of anilines is 1. The van der Waals surface area contributed by atoms with Crippen LogP contribution in [0.1, 0.15) is 65.0 Å². The lowest BCUT2D eigenvalue weighted by Crippen LogP contribution is -2.39. The summed E-state index contributed by atoms with van der Waals surface area (Å²) in [7, 11) is 0. The Morgan fingerprint density at radius 3 is 2.85 bits per heavy atom. The summed E-state index contributed by atoms with van der Waals surface area (Å²) in [6.07, 6.45) is 6.92. The molecule has 0 saturated carbocycles. The first-order valence-corrected chi connectivity index (χ1v) is 8.10. The van der Waals surface area contributed by atoms with Gasteiger partial charge in [-0.1, -0.05) is 19.4 Å². The van der Waals surface area contributed by atoms with E-state index in [-0.39, 0.29) is 0 Å². The van der Waals surface area contributed by atoms with Crippen LogP contribution in [0.25, 0.3) is 0 Å². The number of hydrogen-bond donors (Lipinski definition) is 1. The predicted molar refractivity (Wildman–Crippen MR) is 86.0 cm³/mol. The van der Waals surface area contributed by atoms with Crippen molar-refractivity contribution in [1.82, 2.24) is 9.88 Å². The third kappa shape index (κ3) is 3.51. The van der Waals surface area contributed by atoms with Gasteiger partial charge in [0.15, 0.2) is 0 Å². The highest BCUT2D eigenvalue weighted by atomic mass is 15.2. The zero-order chi connectivity index (χ0) is 14.5. The molecule has 0 spiro atoms. The molecular formula is C17H29N3. The number of nitrogens with one attached hydrogen (secondary N) is 1. The van der Waals surface area contributed by atoms with Crippen molar-refractivity contribution in [3.05, 3.63) is 23.9 Å². The molecule has 2 heterocycles. The van der Waals surface area contributed by atoms with Gasteiger partial charge in [0, 0.05) is 29.9 Å². The third-order valence-electron chi connectivity index (χ3n) is 4.40. The fraction of sp³-hybridized carbons (Fsp3) is 0.706. The molecule has 3 heteroatoms. The minimum absolute atomic E-state index is 0.472. The molecule has 0 unspecified atom stereocenters. The fourth-order valence-corrected chi connectivity index (χ4v) is 3.05. The van der Waals surface area contributed by atoms with E-state index in [2.05, 4.69) is 55.0 Å². The van der Waals surface area contributed by atoms with Crippen molar-refractivity contribution in [2.75, 3.05) is 11.9 Å². The molecule has 3 nitrogen and oxygen atoms in total. The Kier molecular flexibility index (Phi) is 5.41. The van der Waals surface area contributed by atoms with Gasteiger partial charge in [0.25, 0.3) is 0 Å². The van der Waals surface area contributed by atoms with Gasteiger partial charge in [-0.25, -0.2) is 4.98 Å². The Morgan fingerprint density at radius 1 is 1.35 bits per heavy atom. The highest BCUT2D eigenvalue weighted by Gasteiger charge is 2.28. The summed E-state index contributed by atoms with van der Waals surface area (Å²) in [6.45, 7) is 10.2. The quantitative estimate of drug-likeness (QED) is 0.871. The van der Waals surface area contributed by atoms with E-state index in [1.54, 1.807) is 0 Å². The molecule has 1 aliphatic heterocycles. The Morgan fingerprint density at radius 2 is 2.15 bits per heavy atom. The Bertz CT molecular complexity index is 416. The van der Waals surface area contributed by atoms with Gasteiger partial charge < -0.3 is 5.32 Å². The van der Waals surface area contributed by atoms with Crippen molar-refractivity contribution in [2.24, 2.45) is 0 Å². The smallest absolute Gasteiger partial charge is 0.130 e. The predicted octanol–water partition coefficient (Wildman–Crippen LogP) is 4.23. The monoisotopic (exact) mass is 275 g/mol. The fourth-order valence-electron chi connectivity index (χ4n) is 3.05. The molecule has 0 bridgehead atoms. The number of pyridine rings is 1. The average molecular weight is 275 g/mol. The van der Waals surface area contributed by atoms with Crippen molar-refractivity contribution >= 4 is 5.82 Å². The van der Waals surface area contributed by atoms with Gasteiger partial charge >= 0.3 is 0 Å². The Labute approximate surface area is 123 Å². The number of piperidine rings is 1. The van der Waals surface area contributed by atoms with E-state index in [0.717, 1.165) is 12.2 Å². The molecule has 1 aliphatic rings. The maximum absolute atomic E-state index is 4.60. The van der Waals surface area contributed by atoms with E-state index in [4.69, 9.17) is 0 Å². The first-order chi connectivity index (χ1) is 9.63. The first kappa shape index (κ1) is 15.3. The Hall–Kier alpha value is -1.09. The second-order valence-corrected chi connectivity index (χ2v) is 6.24. The van der Waals surface area contributed by atoms with E-state index in [9.17, 15) is 0 Å². The second-order valence-electron chi connectivity index (χ2n) is 6.24. The van der Waals surface area contributed by atoms with Crippen LogP contribution in [0.2, 0.25) is 0 Å². The minimum Gasteiger partial charge on any atom is -0.367 e. The van der Waals surface area contributed by atoms with Crippen LogP contribution < -0.4 is 5.32 Å². The lowest BCUT2D eigenvalue weighted by atomic mass is 9.94. The summed E-state index contributed by atoms with van der Waals surface area (Å²) in [5.41, 5.74) is 1.38. The number of hydrogen-bond acceptors (Lipinski definition) is 3. The lowest BCUT2D eigenvalue weighted by Gasteiger charge is -2.39. The zero-order valence-electron chi connectivity index (χ0n) is 13.4. The van der Waals surface area contributed by atoms with Gasteiger partial charge in [0.2, 0.25) is 0 Å². The van der Waals surface area contributed by atoms with Crippen molar-refractivity contribution in [3.63, 3.8) is 0 Å². The normalized spacial score (nSPS) is 21.9. The molecule has 0 radical (unpaired) electrons. The van der Waals surface area contributed by atoms with Crippen LogP contribution >= 0.6 is 0 Å². The molecule has 1 N–H and O–H groups in total. The van der Waals surface area contributed by atoms with Crippen LogP contribution in [-0.2, 0) is 0 Å². The van der Waals surface area contributed by atoms with Gasteiger partial charge in [0.1, 0.15) is 5.82 Å². The summed E-state index contributed by atoms with van der Waals surface area (Å²) in [4.78, 5) is 7.23. The molecule has 0 aromatic carbocycles. The van der Waals surface area contributed by atoms with Gasteiger partial charge in [0.05, 0.1) is 0 Å². The maximum Gasteiger partial charge on any atom is 0.130 e. The third-order valence-corrected chi connectivity index (χ3v) is 4.40. The molecule has 1 fully saturated rings. The zero-order valence-corrected chi connectivity index (χ0v) is 13.4. The van der Waals surface area contributed by atoms with Crippen LogP contribution in [0, 0.1) is 0 Å². The number of likely N-dealkylation sites (tertiary alicyclic amines) is 1. The van der Waals surface area contributed by atoms with Crippen LogP contribution in [0.15, 0.2) is 18.3 Å². The van der Waals surface area contributed by atoms with Crippen molar-refractivity contribution < 1.29 is 0 Å².